The minimum Gasteiger partial charge on any atom is -0.508 e. The average molecular weight is 333 g/mol. The smallest absolute Gasteiger partial charge is 0.324 e. The zero-order valence-electron chi connectivity index (χ0n) is 12.7. The predicted octanol–water partition coefficient (Wildman–Crippen LogP) is 2.97. The molecule has 0 saturated heterocycles. The molecule has 0 saturated carbocycles. The molecule has 2 aromatic rings. The van der Waals surface area contributed by atoms with E-state index in [-0.39, 0.29) is 5.75 Å². The van der Waals surface area contributed by atoms with Crippen molar-refractivity contribution in [3.8, 4) is 5.75 Å². The van der Waals surface area contributed by atoms with E-state index in [2.05, 4.69) is 4.72 Å². The van der Waals surface area contributed by atoms with E-state index in [1.54, 1.807) is 12.1 Å². The van der Waals surface area contributed by atoms with Crippen LogP contribution in [0, 0.1) is 0 Å². The third kappa shape index (κ3) is 4.99. The van der Waals surface area contributed by atoms with E-state index in [0.717, 1.165) is 5.56 Å². The molecule has 0 aliphatic carbocycles. The van der Waals surface area contributed by atoms with Gasteiger partial charge < -0.3 is 14.9 Å². The highest BCUT2D eigenvalue weighted by Crippen LogP contribution is 2.25. The molecule has 0 amide bonds. The number of nitrogens with one attached hydrogen (secondary N) is 1. The van der Waals surface area contributed by atoms with Crippen LogP contribution in [-0.2, 0) is 15.3 Å². The maximum atomic E-state index is 11.6. The van der Waals surface area contributed by atoms with Gasteiger partial charge in [-0.05, 0) is 23.3 Å². The third-order valence-corrected chi connectivity index (χ3v) is 4.23. The van der Waals surface area contributed by atoms with Gasteiger partial charge in [0.05, 0.1) is 0 Å². The highest BCUT2D eigenvalue weighted by molar-refractivity contribution is 7.96. The Kier molecular flexibility index (Phi) is 6.46. The van der Waals surface area contributed by atoms with Crippen LogP contribution in [0.25, 0.3) is 0 Å². The first-order valence-corrected chi connectivity index (χ1v) is 8.06. The van der Waals surface area contributed by atoms with Crippen LogP contribution in [0.5, 0.6) is 5.75 Å². The standard InChI is InChI=1S/C17H19NO4S/c1-22-16(13-7-9-14(19)10-8-13)15(17(20)21)18-23-11-12-5-3-2-4-6-12/h2-10,15-16,18-19H,11H2,1H3,(H,20,21). The molecule has 5 nitrogen and oxygen atoms in total. The van der Waals surface area contributed by atoms with Crippen molar-refractivity contribution in [2.75, 3.05) is 7.11 Å². The van der Waals surface area contributed by atoms with Crippen molar-refractivity contribution < 1.29 is 19.7 Å². The summed E-state index contributed by atoms with van der Waals surface area (Å²) in [5.41, 5.74) is 1.79. The Hall–Kier alpha value is -2.02. The van der Waals surface area contributed by atoms with E-state index in [1.807, 2.05) is 30.3 Å². The molecule has 2 unspecified atom stereocenters. The summed E-state index contributed by atoms with van der Waals surface area (Å²) in [5, 5.41) is 18.8. The van der Waals surface area contributed by atoms with Gasteiger partial charge in [0.25, 0.3) is 0 Å². The molecule has 6 heteroatoms. The van der Waals surface area contributed by atoms with Crippen molar-refractivity contribution in [1.82, 2.24) is 4.72 Å². The molecule has 2 rings (SSSR count). The minimum absolute atomic E-state index is 0.127. The number of aliphatic carboxylic acids is 1. The van der Waals surface area contributed by atoms with Crippen LogP contribution < -0.4 is 4.72 Å². The Labute approximate surface area is 139 Å². The second kappa shape index (κ2) is 8.57. The van der Waals surface area contributed by atoms with Crippen LogP contribution in [0.1, 0.15) is 17.2 Å². The molecule has 0 heterocycles. The van der Waals surface area contributed by atoms with Gasteiger partial charge in [0.15, 0.2) is 0 Å². The van der Waals surface area contributed by atoms with Crippen LogP contribution >= 0.6 is 11.9 Å². The Morgan fingerprint density at radius 3 is 2.39 bits per heavy atom. The molecule has 0 fully saturated rings. The van der Waals surface area contributed by atoms with Crippen molar-refractivity contribution in [3.63, 3.8) is 0 Å². The van der Waals surface area contributed by atoms with E-state index in [4.69, 9.17) is 4.74 Å². The monoisotopic (exact) mass is 333 g/mol. The number of ether oxygens (including phenoxy) is 1. The molecule has 122 valence electrons. The lowest BCUT2D eigenvalue weighted by molar-refractivity contribution is -0.142. The molecule has 0 aromatic heterocycles. The van der Waals surface area contributed by atoms with Gasteiger partial charge in [-0.25, -0.2) is 4.72 Å². The first-order chi connectivity index (χ1) is 11.1. The molecule has 0 aliphatic rings. The van der Waals surface area contributed by atoms with Gasteiger partial charge in [-0.2, -0.15) is 0 Å². The average Bonchev–Trinajstić information content (AvgIpc) is 2.56. The fraction of sp³-hybridized carbons (Fsp3) is 0.235. The SMILES string of the molecule is COC(c1ccc(O)cc1)C(NSCc1ccccc1)C(=O)O. The Morgan fingerprint density at radius 2 is 1.83 bits per heavy atom. The summed E-state index contributed by atoms with van der Waals surface area (Å²) < 4.78 is 8.33. The number of benzene rings is 2. The molecule has 0 spiro atoms. The summed E-state index contributed by atoms with van der Waals surface area (Å²) in [4.78, 5) is 11.6. The van der Waals surface area contributed by atoms with Crippen LogP contribution in [0.4, 0.5) is 0 Å². The number of aromatic hydroxyl groups is 1. The van der Waals surface area contributed by atoms with E-state index in [0.29, 0.717) is 11.3 Å². The van der Waals surface area contributed by atoms with Gasteiger partial charge in [0.1, 0.15) is 17.9 Å². The number of carboxylic acid groups (broad SMARTS) is 1. The first-order valence-electron chi connectivity index (χ1n) is 7.07. The summed E-state index contributed by atoms with van der Waals surface area (Å²) in [6, 6.07) is 15.2. The predicted molar refractivity (Wildman–Crippen MR) is 90.2 cm³/mol. The van der Waals surface area contributed by atoms with Gasteiger partial charge >= 0.3 is 5.97 Å². The summed E-state index contributed by atoms with van der Waals surface area (Å²) in [6.07, 6.45) is -0.656. The van der Waals surface area contributed by atoms with E-state index >= 15 is 0 Å². The number of carboxylic acids is 1. The Bertz CT molecular complexity index is 618. The normalized spacial score (nSPS) is 13.4. The lowest BCUT2D eigenvalue weighted by Gasteiger charge is -2.23. The largest absolute Gasteiger partial charge is 0.508 e. The quantitative estimate of drug-likeness (QED) is 0.645. The molecule has 0 bridgehead atoms. The van der Waals surface area contributed by atoms with Crippen molar-refractivity contribution in [3.05, 3.63) is 65.7 Å². The maximum absolute atomic E-state index is 11.6. The zero-order chi connectivity index (χ0) is 16.7. The molecule has 0 aliphatic heterocycles. The van der Waals surface area contributed by atoms with Crippen LogP contribution in [0.15, 0.2) is 54.6 Å². The van der Waals surface area contributed by atoms with Crippen LogP contribution in [-0.4, -0.2) is 29.3 Å². The highest BCUT2D eigenvalue weighted by Gasteiger charge is 2.29. The molecule has 0 radical (unpaired) electrons. The van der Waals surface area contributed by atoms with E-state index in [1.165, 1.54) is 31.2 Å². The number of phenols is 1. The Morgan fingerprint density at radius 1 is 1.17 bits per heavy atom. The second-order valence-corrected chi connectivity index (χ2v) is 5.77. The molecule has 23 heavy (non-hydrogen) atoms. The fourth-order valence-corrected chi connectivity index (χ4v) is 3.01. The van der Waals surface area contributed by atoms with E-state index < -0.39 is 18.1 Å². The second-order valence-electron chi connectivity index (χ2n) is 4.96. The number of carbonyl (C=O) groups is 1. The lowest BCUT2D eigenvalue weighted by atomic mass is 10.0. The van der Waals surface area contributed by atoms with Gasteiger partial charge in [-0.3, -0.25) is 4.79 Å². The molecule has 3 N–H and O–H groups in total. The van der Waals surface area contributed by atoms with E-state index in [9.17, 15) is 15.0 Å². The van der Waals surface area contributed by atoms with Crippen LogP contribution in [0.3, 0.4) is 0 Å². The van der Waals surface area contributed by atoms with Crippen molar-refractivity contribution in [1.29, 1.82) is 0 Å². The first kappa shape index (κ1) is 17.3. The van der Waals surface area contributed by atoms with Crippen LogP contribution in [0.2, 0.25) is 0 Å². The fourth-order valence-electron chi connectivity index (χ4n) is 2.16. The zero-order valence-corrected chi connectivity index (χ0v) is 13.5. The van der Waals surface area contributed by atoms with Crippen molar-refractivity contribution in [2.24, 2.45) is 0 Å². The van der Waals surface area contributed by atoms with Crippen molar-refractivity contribution in [2.45, 2.75) is 17.9 Å². The Balaban J connectivity index is 2.03. The summed E-state index contributed by atoms with van der Waals surface area (Å²) >= 11 is 1.32. The number of rotatable bonds is 8. The number of hydrogen-bond donors (Lipinski definition) is 3. The van der Waals surface area contributed by atoms with Gasteiger partial charge in [-0.15, -0.1) is 0 Å². The van der Waals surface area contributed by atoms with Gasteiger partial charge in [-0.1, -0.05) is 54.4 Å². The molecule has 2 atom stereocenters. The maximum Gasteiger partial charge on any atom is 0.324 e. The molecule has 2 aromatic carbocycles. The number of phenolic OH excluding ortho intramolecular Hbond substituents is 1. The summed E-state index contributed by atoms with van der Waals surface area (Å²) in [5.74, 6) is -0.219. The number of methoxy groups -OCH3 is 1. The summed E-state index contributed by atoms with van der Waals surface area (Å²) in [6.45, 7) is 0. The molecular formula is C17H19NO4S. The summed E-state index contributed by atoms with van der Waals surface area (Å²) in [7, 11) is 1.47. The number of hydrogen-bond acceptors (Lipinski definition) is 5. The highest BCUT2D eigenvalue weighted by atomic mass is 32.2. The van der Waals surface area contributed by atoms with Gasteiger partial charge in [0.2, 0.25) is 0 Å². The van der Waals surface area contributed by atoms with Gasteiger partial charge in [0, 0.05) is 12.9 Å². The molecular weight excluding hydrogens is 314 g/mol. The van der Waals surface area contributed by atoms with Crippen molar-refractivity contribution >= 4 is 17.9 Å². The third-order valence-electron chi connectivity index (χ3n) is 3.34. The lowest BCUT2D eigenvalue weighted by Crippen LogP contribution is -2.39. The topological polar surface area (TPSA) is 78.8 Å². The minimum atomic E-state index is -0.995.